The molecule has 4 heteroatoms. The van der Waals surface area contributed by atoms with E-state index in [1.165, 1.54) is 0 Å². The van der Waals surface area contributed by atoms with Crippen LogP contribution in [0.3, 0.4) is 0 Å². The van der Waals surface area contributed by atoms with Crippen LogP contribution in [-0.2, 0) is 5.41 Å². The van der Waals surface area contributed by atoms with Gasteiger partial charge in [0.15, 0.2) is 0 Å². The second kappa shape index (κ2) is 5.49. The second-order valence-corrected chi connectivity index (χ2v) is 6.48. The number of nitrogen functional groups attached to an aromatic ring is 1. The Hall–Kier alpha value is -2.59. The van der Waals surface area contributed by atoms with Gasteiger partial charge in [0, 0.05) is 22.9 Å². The molecule has 1 aliphatic rings. The fourth-order valence-corrected chi connectivity index (χ4v) is 3.44. The molecule has 1 heterocycles. The van der Waals surface area contributed by atoms with Crippen molar-refractivity contribution in [2.45, 2.75) is 18.3 Å². The minimum absolute atomic E-state index is 0.00229. The summed E-state index contributed by atoms with van der Waals surface area (Å²) in [4.78, 5) is 4.68. The van der Waals surface area contributed by atoms with E-state index in [-0.39, 0.29) is 5.41 Å². The zero-order valence-corrected chi connectivity index (χ0v) is 13.8. The zero-order valence-electron chi connectivity index (χ0n) is 13.8. The van der Waals surface area contributed by atoms with Crippen molar-refractivity contribution < 1.29 is 4.74 Å². The third-order valence-corrected chi connectivity index (χ3v) is 5.10. The molecule has 4 rings (SSSR count). The smallest absolute Gasteiger partial charge is 0.145 e. The van der Waals surface area contributed by atoms with Crippen LogP contribution in [0.4, 0.5) is 5.82 Å². The van der Waals surface area contributed by atoms with Crippen LogP contribution < -0.4 is 16.2 Å². The molecule has 1 saturated carbocycles. The zero-order chi connectivity index (χ0) is 16.7. The monoisotopic (exact) mass is 319 g/mol. The average molecular weight is 319 g/mol. The summed E-state index contributed by atoms with van der Waals surface area (Å²) in [7, 11) is 1.66. The van der Waals surface area contributed by atoms with Crippen molar-refractivity contribution in [3.05, 3.63) is 54.1 Å². The van der Waals surface area contributed by atoms with Crippen LogP contribution in [-0.4, -0.2) is 18.6 Å². The first-order chi connectivity index (χ1) is 11.7. The van der Waals surface area contributed by atoms with E-state index in [0.29, 0.717) is 12.4 Å². The molecule has 0 atom stereocenters. The number of rotatable bonds is 4. The molecule has 1 aliphatic carbocycles. The highest BCUT2D eigenvalue weighted by Gasteiger charge is 2.44. The molecule has 2 aromatic carbocycles. The number of methoxy groups -OCH3 is 1. The van der Waals surface area contributed by atoms with E-state index in [4.69, 9.17) is 16.2 Å². The maximum Gasteiger partial charge on any atom is 0.145 e. The number of nitrogens with zero attached hydrogens (tertiary/aromatic N) is 1. The molecule has 3 aromatic rings. The molecule has 4 N–H and O–H groups in total. The van der Waals surface area contributed by atoms with Crippen molar-refractivity contribution in [1.29, 1.82) is 0 Å². The number of pyridine rings is 1. The fourth-order valence-electron chi connectivity index (χ4n) is 3.44. The first-order valence-corrected chi connectivity index (χ1v) is 8.22. The molecule has 24 heavy (non-hydrogen) atoms. The van der Waals surface area contributed by atoms with E-state index in [0.717, 1.165) is 46.2 Å². The first kappa shape index (κ1) is 15.0. The summed E-state index contributed by atoms with van der Waals surface area (Å²) in [5.74, 6) is 1.30. The van der Waals surface area contributed by atoms with Gasteiger partial charge < -0.3 is 16.2 Å². The van der Waals surface area contributed by atoms with Crippen LogP contribution in [0.15, 0.2) is 48.5 Å². The Morgan fingerprint density at radius 2 is 1.88 bits per heavy atom. The summed E-state index contributed by atoms with van der Waals surface area (Å²) in [5.41, 5.74) is 16.4. The van der Waals surface area contributed by atoms with Gasteiger partial charge in [-0.2, -0.15) is 0 Å². The Kier molecular flexibility index (Phi) is 3.43. The van der Waals surface area contributed by atoms with Gasteiger partial charge >= 0.3 is 0 Å². The Bertz CT molecular complexity index is 902. The summed E-state index contributed by atoms with van der Waals surface area (Å²) >= 11 is 0. The quantitative estimate of drug-likeness (QED) is 0.772. The predicted octanol–water partition coefficient (Wildman–Crippen LogP) is 3.48. The minimum Gasteiger partial charge on any atom is -0.494 e. The van der Waals surface area contributed by atoms with Gasteiger partial charge in [0.2, 0.25) is 0 Å². The number of anilines is 1. The average Bonchev–Trinajstić information content (AvgIpc) is 3.42. The highest BCUT2D eigenvalue weighted by atomic mass is 16.5. The maximum atomic E-state index is 6.28. The molecule has 0 spiro atoms. The van der Waals surface area contributed by atoms with Crippen molar-refractivity contribution in [1.82, 2.24) is 4.98 Å². The fraction of sp³-hybridized carbons (Fsp3) is 0.250. The van der Waals surface area contributed by atoms with Crippen molar-refractivity contribution in [3.8, 4) is 16.9 Å². The molecule has 122 valence electrons. The summed E-state index contributed by atoms with van der Waals surface area (Å²) < 4.78 is 5.50. The maximum absolute atomic E-state index is 6.28. The number of hydrogen-bond acceptors (Lipinski definition) is 4. The van der Waals surface area contributed by atoms with Gasteiger partial charge in [-0.1, -0.05) is 30.3 Å². The predicted molar refractivity (Wildman–Crippen MR) is 98.1 cm³/mol. The Morgan fingerprint density at radius 1 is 1.12 bits per heavy atom. The number of fused-ring (bicyclic) bond motifs is 1. The molecule has 0 amide bonds. The normalized spacial score (nSPS) is 15.4. The van der Waals surface area contributed by atoms with Crippen LogP contribution >= 0.6 is 0 Å². The molecule has 1 aromatic heterocycles. The van der Waals surface area contributed by atoms with Gasteiger partial charge in [0.1, 0.15) is 17.1 Å². The van der Waals surface area contributed by atoms with E-state index < -0.39 is 0 Å². The van der Waals surface area contributed by atoms with Crippen molar-refractivity contribution >= 4 is 16.7 Å². The van der Waals surface area contributed by atoms with Crippen LogP contribution in [0.5, 0.6) is 5.75 Å². The molecule has 1 fully saturated rings. The first-order valence-electron chi connectivity index (χ1n) is 8.22. The molecular weight excluding hydrogens is 298 g/mol. The lowest BCUT2D eigenvalue weighted by Crippen LogP contribution is -2.21. The third kappa shape index (κ3) is 2.22. The van der Waals surface area contributed by atoms with Crippen molar-refractivity contribution in [3.63, 3.8) is 0 Å². The van der Waals surface area contributed by atoms with Crippen molar-refractivity contribution in [2.24, 2.45) is 5.73 Å². The summed E-state index contributed by atoms with van der Waals surface area (Å²) in [5, 5.41) is 1.06. The number of ether oxygens (including phenoxy) is 1. The van der Waals surface area contributed by atoms with Gasteiger partial charge in [0.05, 0.1) is 7.11 Å². The van der Waals surface area contributed by atoms with Crippen LogP contribution in [0, 0.1) is 0 Å². The Morgan fingerprint density at radius 3 is 2.50 bits per heavy atom. The van der Waals surface area contributed by atoms with Gasteiger partial charge in [-0.25, -0.2) is 4.98 Å². The van der Waals surface area contributed by atoms with E-state index in [2.05, 4.69) is 29.2 Å². The van der Waals surface area contributed by atoms with E-state index >= 15 is 0 Å². The van der Waals surface area contributed by atoms with Gasteiger partial charge in [-0.3, -0.25) is 0 Å². The van der Waals surface area contributed by atoms with Crippen LogP contribution in [0.2, 0.25) is 0 Å². The summed E-state index contributed by atoms with van der Waals surface area (Å²) in [6.07, 6.45) is 2.15. The molecule has 0 aliphatic heterocycles. The number of aromatic nitrogens is 1. The lowest BCUT2D eigenvalue weighted by molar-refractivity contribution is 0.419. The topological polar surface area (TPSA) is 74.2 Å². The molecule has 0 radical (unpaired) electrons. The molecule has 0 saturated heterocycles. The Labute approximate surface area is 141 Å². The second-order valence-electron chi connectivity index (χ2n) is 6.48. The molecule has 0 bridgehead atoms. The van der Waals surface area contributed by atoms with Crippen LogP contribution in [0.25, 0.3) is 22.0 Å². The SMILES string of the molecule is COc1ccc(-c2ccccc2)c2cc(C3(CN)CC3)c(N)nc12. The lowest BCUT2D eigenvalue weighted by atomic mass is 9.92. The lowest BCUT2D eigenvalue weighted by Gasteiger charge is -2.18. The standard InChI is InChI=1S/C20H21N3O/c1-24-17-8-7-14(13-5-3-2-4-6-13)15-11-16(19(22)23-18(15)17)20(12-21)9-10-20/h2-8,11H,9-10,12,21H2,1H3,(H2,22,23). The molecule has 0 unspecified atom stereocenters. The van der Waals surface area contributed by atoms with Gasteiger partial charge in [-0.05, 0) is 42.2 Å². The van der Waals surface area contributed by atoms with Crippen LogP contribution in [0.1, 0.15) is 18.4 Å². The van der Waals surface area contributed by atoms with Gasteiger partial charge in [0.25, 0.3) is 0 Å². The van der Waals surface area contributed by atoms with Crippen molar-refractivity contribution in [2.75, 3.05) is 19.4 Å². The third-order valence-electron chi connectivity index (χ3n) is 5.10. The molecular formula is C20H21N3O. The van der Waals surface area contributed by atoms with E-state index in [9.17, 15) is 0 Å². The number of nitrogens with two attached hydrogens (primary N) is 2. The number of benzene rings is 2. The highest BCUT2D eigenvalue weighted by Crippen LogP contribution is 2.50. The summed E-state index contributed by atoms with van der Waals surface area (Å²) in [6, 6.07) is 16.5. The van der Waals surface area contributed by atoms with E-state index in [1.807, 2.05) is 24.3 Å². The Balaban J connectivity index is 2.02. The minimum atomic E-state index is 0.00229. The highest BCUT2D eigenvalue weighted by molar-refractivity contribution is 5.99. The number of hydrogen-bond donors (Lipinski definition) is 2. The van der Waals surface area contributed by atoms with E-state index in [1.54, 1.807) is 7.11 Å². The molecule has 4 nitrogen and oxygen atoms in total. The van der Waals surface area contributed by atoms with Gasteiger partial charge in [-0.15, -0.1) is 0 Å². The summed E-state index contributed by atoms with van der Waals surface area (Å²) in [6.45, 7) is 0.606. The largest absolute Gasteiger partial charge is 0.494 e.